The van der Waals surface area contributed by atoms with Gasteiger partial charge in [-0.1, -0.05) is 35.9 Å². The number of allylic oxidation sites excluding steroid dienone is 1. The molecule has 4 aliphatic rings. The maximum Gasteiger partial charge on any atom is 0.270 e. The van der Waals surface area contributed by atoms with Crippen molar-refractivity contribution in [3.63, 3.8) is 0 Å². The van der Waals surface area contributed by atoms with E-state index in [9.17, 15) is 14.7 Å². The number of Topliss-reactive ketones (excluding diaryl/α,β-unsaturated/α-hetero) is 1. The van der Waals surface area contributed by atoms with E-state index in [0.717, 1.165) is 44.0 Å². The molecule has 1 aromatic heterocycles. The fourth-order valence-electron chi connectivity index (χ4n) is 5.79. The van der Waals surface area contributed by atoms with Gasteiger partial charge in [-0.25, -0.2) is 9.98 Å². The molecule has 6 rings (SSSR count). The molecule has 0 spiro atoms. The molecule has 10 nitrogen and oxygen atoms in total. The number of carbonyl (C=O) groups is 1. The zero-order chi connectivity index (χ0) is 25.7. The smallest absolute Gasteiger partial charge is 0.270 e. The Bertz CT molecular complexity index is 1450. The number of nitrogens with one attached hydrogen (secondary N) is 2. The van der Waals surface area contributed by atoms with E-state index in [4.69, 9.17) is 26.1 Å². The summed E-state index contributed by atoms with van der Waals surface area (Å²) < 4.78 is 11.1. The molecule has 11 heteroatoms. The van der Waals surface area contributed by atoms with Crippen LogP contribution in [0.5, 0.6) is 5.75 Å². The van der Waals surface area contributed by atoms with E-state index in [2.05, 4.69) is 20.2 Å². The summed E-state index contributed by atoms with van der Waals surface area (Å²) >= 11 is 6.44. The fraction of sp³-hybridized carbons (Fsp3) is 0.462. The van der Waals surface area contributed by atoms with E-state index in [0.29, 0.717) is 22.3 Å². The molecule has 3 N–H and O–H groups in total. The van der Waals surface area contributed by atoms with Crippen LogP contribution in [0.1, 0.15) is 17.3 Å². The minimum atomic E-state index is -0.632. The van der Waals surface area contributed by atoms with Crippen LogP contribution in [-0.2, 0) is 16.1 Å². The molecule has 1 saturated heterocycles. The summed E-state index contributed by atoms with van der Waals surface area (Å²) in [6.45, 7) is 3.87. The molecule has 2 fully saturated rings. The molecule has 2 aromatic rings. The Morgan fingerprint density at radius 3 is 2.76 bits per heavy atom. The quantitative estimate of drug-likeness (QED) is 0.451. The van der Waals surface area contributed by atoms with Crippen LogP contribution in [0.4, 0.5) is 5.69 Å². The lowest BCUT2D eigenvalue weighted by Gasteiger charge is -2.27. The topological polar surface area (TPSA) is 129 Å². The Balaban J connectivity index is 1.33. The second kappa shape index (κ2) is 9.68. The molecule has 2 bridgehead atoms. The van der Waals surface area contributed by atoms with E-state index in [-0.39, 0.29) is 41.2 Å². The van der Waals surface area contributed by atoms with Crippen molar-refractivity contribution in [2.24, 2.45) is 27.7 Å². The van der Waals surface area contributed by atoms with Crippen molar-refractivity contribution in [3.05, 3.63) is 67.7 Å². The molecular weight excluding hydrogens is 498 g/mol. The number of aromatic nitrogens is 1. The zero-order valence-electron chi connectivity index (χ0n) is 20.3. The highest BCUT2D eigenvalue weighted by Crippen LogP contribution is 2.42. The number of H-pyrrole nitrogens is 1. The van der Waals surface area contributed by atoms with Gasteiger partial charge < -0.3 is 24.9 Å². The SMILES string of the molecule is COc1cc(CN2CCOCC2)ccc1C1N=c2[nH]c(=O)c(Cl)c(NC3C4C=CC(C4=O)C3CO)c2=N1. The van der Waals surface area contributed by atoms with Crippen molar-refractivity contribution in [3.8, 4) is 5.75 Å². The summed E-state index contributed by atoms with van der Waals surface area (Å²) in [7, 11) is 1.61. The highest BCUT2D eigenvalue weighted by atomic mass is 35.5. The molecule has 194 valence electrons. The van der Waals surface area contributed by atoms with E-state index in [1.807, 2.05) is 30.4 Å². The minimum Gasteiger partial charge on any atom is -0.496 e. The normalized spacial score (nSPS) is 28.2. The molecule has 5 atom stereocenters. The van der Waals surface area contributed by atoms with E-state index < -0.39 is 11.7 Å². The number of rotatable bonds is 7. The molecule has 5 unspecified atom stereocenters. The number of anilines is 1. The Kier molecular flexibility index (Phi) is 6.36. The molecule has 1 aromatic carbocycles. The third kappa shape index (κ3) is 4.17. The van der Waals surface area contributed by atoms with Crippen LogP contribution in [0, 0.1) is 17.8 Å². The lowest BCUT2D eigenvalue weighted by Crippen LogP contribution is -2.41. The Morgan fingerprint density at radius 2 is 2.00 bits per heavy atom. The van der Waals surface area contributed by atoms with Crippen LogP contribution in [0.15, 0.2) is 45.1 Å². The molecule has 1 saturated carbocycles. The van der Waals surface area contributed by atoms with Gasteiger partial charge in [-0.05, 0) is 11.6 Å². The second-order valence-corrected chi connectivity index (χ2v) is 10.2. The fourth-order valence-corrected chi connectivity index (χ4v) is 5.98. The Hall–Kier alpha value is -3.05. The Labute approximate surface area is 217 Å². The number of fused-ring (bicyclic) bond motifs is 3. The van der Waals surface area contributed by atoms with Gasteiger partial charge in [0.05, 0.1) is 31.9 Å². The van der Waals surface area contributed by atoms with Crippen LogP contribution in [0.25, 0.3) is 0 Å². The number of pyridine rings is 1. The first-order valence-corrected chi connectivity index (χ1v) is 12.8. The predicted molar refractivity (Wildman–Crippen MR) is 135 cm³/mol. The van der Waals surface area contributed by atoms with E-state index in [1.165, 1.54) is 0 Å². The summed E-state index contributed by atoms with van der Waals surface area (Å²) in [6, 6.07) is 5.59. The summed E-state index contributed by atoms with van der Waals surface area (Å²) in [4.78, 5) is 39.8. The number of aliphatic hydroxyl groups excluding tert-OH is 1. The molecule has 0 amide bonds. The number of benzene rings is 1. The second-order valence-electron chi connectivity index (χ2n) is 9.79. The van der Waals surface area contributed by atoms with Gasteiger partial charge in [0, 0.05) is 49.7 Å². The standard InChI is InChI=1S/C26H28ClN5O5/c1-36-18-10-13(11-32-6-8-37-9-7-32)2-3-15(18)24-29-22-21(19(27)26(35)31-25(22)30-24)28-20-16-5-4-14(23(16)34)17(20)12-33/h2-5,10,14,16-17,20,24,28,33H,6-9,11-12H2,1H3,(H,30,31,35). The maximum atomic E-state index is 12.7. The van der Waals surface area contributed by atoms with Gasteiger partial charge in [-0.2, -0.15) is 0 Å². The summed E-state index contributed by atoms with van der Waals surface area (Å²) in [5.41, 5.74) is 2.01. The lowest BCUT2D eigenvalue weighted by atomic mass is 9.89. The Morgan fingerprint density at radius 1 is 1.22 bits per heavy atom. The first-order chi connectivity index (χ1) is 18.0. The number of aromatic amines is 1. The van der Waals surface area contributed by atoms with Gasteiger partial charge in [-0.15, -0.1) is 0 Å². The monoisotopic (exact) mass is 525 g/mol. The van der Waals surface area contributed by atoms with Gasteiger partial charge in [0.25, 0.3) is 5.56 Å². The number of morpholine rings is 1. The van der Waals surface area contributed by atoms with Crippen LogP contribution in [0.3, 0.4) is 0 Å². The first kappa shape index (κ1) is 24.3. The van der Waals surface area contributed by atoms with E-state index >= 15 is 0 Å². The predicted octanol–water partition coefficient (Wildman–Crippen LogP) is 0.595. The number of nitrogens with zero attached hydrogens (tertiary/aromatic N) is 3. The average molecular weight is 526 g/mol. The highest BCUT2D eigenvalue weighted by molar-refractivity contribution is 6.33. The number of ketones is 1. The maximum absolute atomic E-state index is 12.7. The molecular formula is C26H28ClN5O5. The van der Waals surface area contributed by atoms with Gasteiger partial charge in [0.15, 0.2) is 11.7 Å². The summed E-state index contributed by atoms with van der Waals surface area (Å²) in [5.74, 6) is -0.308. The summed E-state index contributed by atoms with van der Waals surface area (Å²) in [6.07, 6.45) is 3.07. The molecule has 2 aliphatic heterocycles. The number of methoxy groups -OCH3 is 1. The number of hydrogen-bond acceptors (Lipinski definition) is 9. The number of hydrogen-bond donors (Lipinski definition) is 3. The van der Waals surface area contributed by atoms with Crippen molar-refractivity contribution in [1.29, 1.82) is 0 Å². The molecule has 2 aliphatic carbocycles. The van der Waals surface area contributed by atoms with Crippen LogP contribution in [-0.4, -0.2) is 66.8 Å². The minimum absolute atomic E-state index is 0.0536. The van der Waals surface area contributed by atoms with Gasteiger partial charge >= 0.3 is 0 Å². The first-order valence-electron chi connectivity index (χ1n) is 12.4. The van der Waals surface area contributed by atoms with Crippen molar-refractivity contribution in [1.82, 2.24) is 9.88 Å². The lowest BCUT2D eigenvalue weighted by molar-refractivity contribution is -0.121. The molecule has 3 heterocycles. The molecule has 0 radical (unpaired) electrons. The third-order valence-corrected chi connectivity index (χ3v) is 8.08. The largest absolute Gasteiger partial charge is 0.496 e. The van der Waals surface area contributed by atoms with Gasteiger partial charge in [-0.3, -0.25) is 14.5 Å². The number of halogens is 1. The number of aliphatic hydroxyl groups is 1. The highest BCUT2D eigenvalue weighted by Gasteiger charge is 2.51. The number of carbonyl (C=O) groups excluding carboxylic acids is 1. The van der Waals surface area contributed by atoms with Crippen LogP contribution >= 0.6 is 11.6 Å². The van der Waals surface area contributed by atoms with E-state index in [1.54, 1.807) is 7.11 Å². The van der Waals surface area contributed by atoms with Crippen molar-refractivity contribution in [2.45, 2.75) is 18.8 Å². The van der Waals surface area contributed by atoms with Gasteiger partial charge in [0.2, 0.25) is 0 Å². The van der Waals surface area contributed by atoms with Crippen molar-refractivity contribution >= 4 is 23.1 Å². The van der Waals surface area contributed by atoms with Gasteiger partial charge in [0.1, 0.15) is 21.9 Å². The van der Waals surface area contributed by atoms with Crippen LogP contribution < -0.4 is 26.5 Å². The number of ether oxygens (including phenoxy) is 2. The summed E-state index contributed by atoms with van der Waals surface area (Å²) in [5, 5.41) is 13.6. The third-order valence-electron chi connectivity index (χ3n) is 7.71. The van der Waals surface area contributed by atoms with Crippen molar-refractivity contribution in [2.75, 3.05) is 45.3 Å². The van der Waals surface area contributed by atoms with Crippen LogP contribution in [0.2, 0.25) is 5.02 Å². The van der Waals surface area contributed by atoms with Crippen molar-refractivity contribution < 1.29 is 19.4 Å². The molecule has 37 heavy (non-hydrogen) atoms. The zero-order valence-corrected chi connectivity index (χ0v) is 21.1. The average Bonchev–Trinajstić information content (AvgIpc) is 3.57.